The second-order valence-electron chi connectivity index (χ2n) is 4.63. The Morgan fingerprint density at radius 2 is 2.00 bits per heavy atom. The number of anilines is 1. The van der Waals surface area contributed by atoms with Crippen molar-refractivity contribution in [1.29, 1.82) is 0 Å². The van der Waals surface area contributed by atoms with Crippen molar-refractivity contribution in [2.75, 3.05) is 17.7 Å². The van der Waals surface area contributed by atoms with Gasteiger partial charge in [-0.25, -0.2) is 0 Å². The second-order valence-corrected chi connectivity index (χ2v) is 6.05. The van der Waals surface area contributed by atoms with E-state index in [1.165, 1.54) is 0 Å². The maximum absolute atomic E-state index is 11.9. The van der Waals surface area contributed by atoms with Crippen molar-refractivity contribution in [1.82, 2.24) is 0 Å². The highest BCUT2D eigenvalue weighted by molar-refractivity contribution is 7.99. The molecule has 1 amide bonds. The Bertz CT molecular complexity index is 616. The molecule has 3 nitrogen and oxygen atoms in total. The van der Waals surface area contributed by atoms with E-state index in [1.807, 2.05) is 55.5 Å². The predicted octanol–water partition coefficient (Wildman–Crippen LogP) is 4.61. The van der Waals surface area contributed by atoms with Gasteiger partial charge in [-0.3, -0.25) is 4.79 Å². The van der Waals surface area contributed by atoms with Gasteiger partial charge in [0.05, 0.1) is 12.4 Å². The van der Waals surface area contributed by atoms with Gasteiger partial charge in [0.25, 0.3) is 0 Å². The zero-order valence-electron chi connectivity index (χ0n) is 12.3. The van der Waals surface area contributed by atoms with Crippen LogP contribution in [0.1, 0.15) is 12.5 Å². The second kappa shape index (κ2) is 8.71. The molecule has 116 valence electrons. The molecule has 0 aliphatic rings. The van der Waals surface area contributed by atoms with Crippen LogP contribution in [0.4, 0.5) is 5.69 Å². The first-order valence-electron chi connectivity index (χ1n) is 7.02. The van der Waals surface area contributed by atoms with Crippen LogP contribution >= 0.6 is 23.4 Å². The lowest BCUT2D eigenvalue weighted by molar-refractivity contribution is -0.113. The van der Waals surface area contributed by atoms with E-state index < -0.39 is 0 Å². The maximum atomic E-state index is 11.9. The molecule has 2 aromatic rings. The molecule has 0 aliphatic heterocycles. The molecular weight excluding hydrogens is 318 g/mol. The molecule has 0 aromatic heterocycles. The van der Waals surface area contributed by atoms with E-state index in [0.717, 1.165) is 27.8 Å². The molecule has 0 unspecified atom stereocenters. The number of halogens is 1. The van der Waals surface area contributed by atoms with Crippen LogP contribution in [0.3, 0.4) is 0 Å². The number of carbonyl (C=O) groups is 1. The first-order valence-corrected chi connectivity index (χ1v) is 8.55. The molecule has 2 aromatic carbocycles. The van der Waals surface area contributed by atoms with Gasteiger partial charge in [-0.1, -0.05) is 29.8 Å². The van der Waals surface area contributed by atoms with Gasteiger partial charge in [0.1, 0.15) is 5.75 Å². The third-order valence-electron chi connectivity index (χ3n) is 2.84. The first kappa shape index (κ1) is 16.7. The average molecular weight is 336 g/mol. The lowest BCUT2D eigenvalue weighted by Crippen LogP contribution is -2.14. The Morgan fingerprint density at radius 1 is 1.23 bits per heavy atom. The van der Waals surface area contributed by atoms with Crippen molar-refractivity contribution in [2.24, 2.45) is 0 Å². The van der Waals surface area contributed by atoms with Crippen LogP contribution in [0.25, 0.3) is 0 Å². The smallest absolute Gasteiger partial charge is 0.234 e. The number of amides is 1. The quantitative estimate of drug-likeness (QED) is 0.803. The number of hydrogen-bond acceptors (Lipinski definition) is 3. The van der Waals surface area contributed by atoms with Crippen LogP contribution in [0.15, 0.2) is 48.5 Å². The topological polar surface area (TPSA) is 38.3 Å². The van der Waals surface area contributed by atoms with Crippen LogP contribution in [0.5, 0.6) is 5.75 Å². The van der Waals surface area contributed by atoms with Crippen molar-refractivity contribution in [2.45, 2.75) is 12.7 Å². The Hall–Kier alpha value is -1.65. The zero-order valence-corrected chi connectivity index (χ0v) is 13.9. The Morgan fingerprint density at radius 3 is 2.73 bits per heavy atom. The van der Waals surface area contributed by atoms with E-state index in [4.69, 9.17) is 16.3 Å². The summed E-state index contributed by atoms with van der Waals surface area (Å²) in [6.45, 7) is 2.53. The summed E-state index contributed by atoms with van der Waals surface area (Å²) >= 11 is 7.41. The van der Waals surface area contributed by atoms with Crippen molar-refractivity contribution in [3.8, 4) is 5.75 Å². The van der Waals surface area contributed by atoms with E-state index in [9.17, 15) is 4.79 Å². The molecule has 1 N–H and O–H groups in total. The summed E-state index contributed by atoms with van der Waals surface area (Å²) in [4.78, 5) is 11.9. The highest BCUT2D eigenvalue weighted by Crippen LogP contribution is 2.19. The SMILES string of the molecule is CCOc1cccc(NC(=O)CSCc2ccc(Cl)cc2)c1. The van der Waals surface area contributed by atoms with E-state index in [2.05, 4.69) is 5.32 Å². The lowest BCUT2D eigenvalue weighted by atomic mass is 10.2. The minimum atomic E-state index is -0.0207. The summed E-state index contributed by atoms with van der Waals surface area (Å²) in [5, 5.41) is 3.60. The molecule has 0 saturated heterocycles. The number of hydrogen-bond donors (Lipinski definition) is 1. The molecule has 22 heavy (non-hydrogen) atoms. The normalized spacial score (nSPS) is 10.3. The number of nitrogens with one attached hydrogen (secondary N) is 1. The number of carbonyl (C=O) groups excluding carboxylic acids is 1. The highest BCUT2D eigenvalue weighted by atomic mass is 35.5. The fourth-order valence-electron chi connectivity index (χ4n) is 1.87. The minimum Gasteiger partial charge on any atom is -0.494 e. The predicted molar refractivity (Wildman–Crippen MR) is 93.9 cm³/mol. The summed E-state index contributed by atoms with van der Waals surface area (Å²) in [6.07, 6.45) is 0. The molecule has 0 saturated carbocycles. The van der Waals surface area contributed by atoms with E-state index in [-0.39, 0.29) is 5.91 Å². The van der Waals surface area contributed by atoms with Crippen molar-refractivity contribution in [3.63, 3.8) is 0 Å². The molecule has 0 atom stereocenters. The van der Waals surface area contributed by atoms with Gasteiger partial charge < -0.3 is 10.1 Å². The van der Waals surface area contributed by atoms with Crippen molar-refractivity contribution >= 4 is 35.0 Å². The molecule has 2 rings (SSSR count). The largest absolute Gasteiger partial charge is 0.494 e. The summed E-state index contributed by atoms with van der Waals surface area (Å²) in [6, 6.07) is 15.1. The summed E-state index contributed by atoms with van der Waals surface area (Å²) < 4.78 is 5.41. The Labute approximate surface area is 140 Å². The van der Waals surface area contributed by atoms with Crippen LogP contribution < -0.4 is 10.1 Å². The van der Waals surface area contributed by atoms with Crippen molar-refractivity contribution in [3.05, 3.63) is 59.1 Å². The van der Waals surface area contributed by atoms with Crippen LogP contribution in [-0.4, -0.2) is 18.3 Å². The van der Waals surface area contributed by atoms with Crippen molar-refractivity contribution < 1.29 is 9.53 Å². The minimum absolute atomic E-state index is 0.0207. The maximum Gasteiger partial charge on any atom is 0.234 e. The standard InChI is InChI=1S/C17H18ClNO2S/c1-2-21-16-5-3-4-15(10-16)19-17(20)12-22-11-13-6-8-14(18)9-7-13/h3-10H,2,11-12H2,1H3,(H,19,20). The Balaban J connectivity index is 1.78. The van der Waals surface area contributed by atoms with Gasteiger partial charge in [0.15, 0.2) is 0 Å². The van der Waals surface area contributed by atoms with E-state index >= 15 is 0 Å². The van der Waals surface area contributed by atoms with Gasteiger partial charge in [-0.05, 0) is 36.8 Å². The molecular formula is C17H18ClNO2S. The van der Waals surface area contributed by atoms with Crippen LogP contribution in [0, 0.1) is 0 Å². The first-order chi connectivity index (χ1) is 10.7. The van der Waals surface area contributed by atoms with E-state index in [0.29, 0.717) is 12.4 Å². The third kappa shape index (κ3) is 5.62. The molecule has 5 heteroatoms. The van der Waals surface area contributed by atoms with Gasteiger partial charge in [-0.2, -0.15) is 0 Å². The summed E-state index contributed by atoms with van der Waals surface area (Å²) in [5.74, 6) is 1.92. The lowest BCUT2D eigenvalue weighted by Gasteiger charge is -2.08. The van der Waals surface area contributed by atoms with Gasteiger partial charge in [0, 0.05) is 22.5 Å². The monoisotopic (exact) mass is 335 g/mol. The van der Waals surface area contributed by atoms with Gasteiger partial charge in [-0.15, -0.1) is 11.8 Å². The van der Waals surface area contributed by atoms with E-state index in [1.54, 1.807) is 11.8 Å². The molecule has 0 radical (unpaired) electrons. The highest BCUT2D eigenvalue weighted by Gasteiger charge is 2.04. The molecule has 0 bridgehead atoms. The summed E-state index contributed by atoms with van der Waals surface area (Å²) in [7, 11) is 0. The van der Waals surface area contributed by atoms with Gasteiger partial charge in [0.2, 0.25) is 5.91 Å². The average Bonchev–Trinajstić information content (AvgIpc) is 2.50. The molecule has 0 heterocycles. The van der Waals surface area contributed by atoms with Gasteiger partial charge >= 0.3 is 0 Å². The fourth-order valence-corrected chi connectivity index (χ4v) is 2.78. The zero-order chi connectivity index (χ0) is 15.8. The molecule has 0 spiro atoms. The fraction of sp³-hybridized carbons (Fsp3) is 0.235. The number of benzene rings is 2. The Kier molecular flexibility index (Phi) is 6.62. The summed E-state index contributed by atoms with van der Waals surface area (Å²) in [5.41, 5.74) is 1.91. The number of thioether (sulfide) groups is 1. The van der Waals surface area contributed by atoms with Crippen LogP contribution in [-0.2, 0) is 10.5 Å². The molecule has 0 aliphatic carbocycles. The third-order valence-corrected chi connectivity index (χ3v) is 4.10. The molecule has 0 fully saturated rings. The number of rotatable bonds is 7. The number of ether oxygens (including phenoxy) is 1. The van der Waals surface area contributed by atoms with Crippen LogP contribution in [0.2, 0.25) is 5.02 Å².